The van der Waals surface area contributed by atoms with Gasteiger partial charge in [0.05, 0.1) is 0 Å². The third-order valence-corrected chi connectivity index (χ3v) is 8.50. The van der Waals surface area contributed by atoms with E-state index in [0.29, 0.717) is 0 Å². The second-order valence-corrected chi connectivity index (χ2v) is 10.3. The maximum absolute atomic E-state index is 13.5. The molecular weight excluding hydrogens is 474 g/mol. The molecule has 0 bridgehead atoms. The van der Waals surface area contributed by atoms with E-state index in [1.54, 1.807) is 0 Å². The van der Waals surface area contributed by atoms with E-state index < -0.39 is 57.6 Å². The number of nitrogens with zero attached hydrogens (tertiary/aromatic N) is 1. The van der Waals surface area contributed by atoms with Crippen LogP contribution in [0.4, 0.5) is 26.3 Å². The van der Waals surface area contributed by atoms with E-state index in [1.165, 1.54) is 5.48 Å². The summed E-state index contributed by atoms with van der Waals surface area (Å²) in [5.74, 6) is -17.2. The van der Waals surface area contributed by atoms with Crippen LogP contribution in [0.25, 0.3) is 0 Å². The number of amides is 1. The quantitative estimate of drug-likeness (QED) is 0.285. The second kappa shape index (κ2) is 9.60. The topological polar surface area (TPSA) is 105 Å². The van der Waals surface area contributed by atoms with Gasteiger partial charge in [-0.05, 0) is 18.8 Å². The van der Waals surface area contributed by atoms with E-state index >= 15 is 0 Å². The molecule has 0 radical (unpaired) electrons. The van der Waals surface area contributed by atoms with Gasteiger partial charge in [0.15, 0.2) is 4.75 Å². The number of hydrogen-bond acceptors (Lipinski definition) is 6. The summed E-state index contributed by atoms with van der Waals surface area (Å²) < 4.78 is 114. The minimum atomic E-state index is -5.59. The Hall–Kier alpha value is -1.16. The number of carbonyl (C=O) groups is 1. The minimum absolute atomic E-state index is 0.00734. The molecule has 0 aromatic rings. The Balaban J connectivity index is 1.95. The summed E-state index contributed by atoms with van der Waals surface area (Å²) in [6, 6.07) is 0. The van der Waals surface area contributed by atoms with Gasteiger partial charge in [0, 0.05) is 52.7 Å². The highest BCUT2D eigenvalue weighted by molar-refractivity contribution is 7.91. The van der Waals surface area contributed by atoms with Crippen LogP contribution >= 0.6 is 0 Å². The average Bonchev–Trinajstić information content (AvgIpc) is 2.72. The molecule has 2 aliphatic rings. The fourth-order valence-electron chi connectivity index (χ4n) is 3.73. The summed E-state index contributed by atoms with van der Waals surface area (Å²) in [5.41, 5.74) is 1.39. The van der Waals surface area contributed by atoms with Crippen molar-refractivity contribution in [1.29, 1.82) is 0 Å². The summed E-state index contributed by atoms with van der Waals surface area (Å²) in [6.07, 6.45) is -0.122. The zero-order valence-electron chi connectivity index (χ0n) is 17.3. The Morgan fingerprint density at radius 1 is 1.16 bits per heavy atom. The highest BCUT2D eigenvalue weighted by Gasteiger charge is 2.69. The van der Waals surface area contributed by atoms with E-state index in [-0.39, 0.29) is 58.9 Å². The van der Waals surface area contributed by atoms with Gasteiger partial charge in [-0.2, -0.15) is 26.3 Å². The van der Waals surface area contributed by atoms with E-state index in [1.807, 2.05) is 0 Å². The minimum Gasteiger partial charge on any atom is -0.381 e. The number of rotatable bonds is 9. The van der Waals surface area contributed by atoms with Crippen LogP contribution in [0.15, 0.2) is 0 Å². The number of halogens is 6. The number of carbonyl (C=O) groups excluding carboxylic acids is 1. The van der Waals surface area contributed by atoms with Crippen LogP contribution in [0, 0.1) is 5.92 Å². The monoisotopic (exact) mass is 500 g/mol. The third-order valence-electron chi connectivity index (χ3n) is 5.87. The predicted octanol–water partition coefficient (Wildman–Crippen LogP) is 2.03. The number of hydrogen-bond donors (Lipinski definition) is 2. The van der Waals surface area contributed by atoms with Crippen LogP contribution in [-0.4, -0.2) is 85.9 Å². The van der Waals surface area contributed by atoms with Crippen LogP contribution in [0.5, 0.6) is 0 Å². The normalized spacial score (nSPS) is 22.0. The van der Waals surface area contributed by atoms with Gasteiger partial charge in [-0.1, -0.05) is 0 Å². The molecule has 2 rings (SSSR count). The van der Waals surface area contributed by atoms with Gasteiger partial charge in [0.2, 0.25) is 10.0 Å². The molecule has 2 heterocycles. The molecule has 8 nitrogen and oxygen atoms in total. The second-order valence-electron chi connectivity index (χ2n) is 8.08. The number of piperidine rings is 1. The SMILES string of the molecule is CC(F)(F)C(F)(F)C(F)(F)COCC1CCN(S(=O)(=O)C2(C(=O)NO)CCOCC2)CC1. The van der Waals surface area contributed by atoms with Gasteiger partial charge in [-0.3, -0.25) is 10.0 Å². The van der Waals surface area contributed by atoms with Crippen molar-refractivity contribution in [2.24, 2.45) is 5.92 Å². The first-order chi connectivity index (χ1) is 14.6. The van der Waals surface area contributed by atoms with Crippen LogP contribution in [-0.2, 0) is 24.3 Å². The molecule has 2 aliphatic heterocycles. The number of ether oxygens (including phenoxy) is 2. The van der Waals surface area contributed by atoms with Crippen LogP contribution < -0.4 is 5.48 Å². The molecule has 2 saturated heterocycles. The molecule has 0 spiro atoms. The maximum Gasteiger partial charge on any atom is 0.373 e. The average molecular weight is 500 g/mol. The van der Waals surface area contributed by atoms with E-state index in [9.17, 15) is 39.6 Å². The highest BCUT2D eigenvalue weighted by atomic mass is 32.2. The van der Waals surface area contributed by atoms with Gasteiger partial charge in [0.1, 0.15) is 6.61 Å². The molecule has 0 aromatic carbocycles. The number of alkyl halides is 6. The van der Waals surface area contributed by atoms with Gasteiger partial charge >= 0.3 is 17.8 Å². The predicted molar refractivity (Wildman–Crippen MR) is 97.3 cm³/mol. The summed E-state index contributed by atoms with van der Waals surface area (Å²) in [7, 11) is -4.22. The van der Waals surface area contributed by atoms with Gasteiger partial charge in [-0.15, -0.1) is 0 Å². The third kappa shape index (κ3) is 5.00. The van der Waals surface area contributed by atoms with Crippen LogP contribution in [0.1, 0.15) is 32.6 Å². The molecule has 0 aromatic heterocycles. The fourth-order valence-corrected chi connectivity index (χ4v) is 5.88. The number of nitrogens with one attached hydrogen (secondary N) is 1. The van der Waals surface area contributed by atoms with Crippen molar-refractivity contribution in [2.45, 2.75) is 55.1 Å². The molecule has 1 amide bonds. The van der Waals surface area contributed by atoms with E-state index in [2.05, 4.69) is 4.74 Å². The van der Waals surface area contributed by atoms with E-state index in [0.717, 1.165) is 4.31 Å². The standard InChI is InChI=1S/C17H26F6N2O6S/c1-14(18,19)17(22,23)16(20,21)11-31-10-12-2-6-25(7-3-12)32(28,29)15(13(26)24-27)4-8-30-9-5-15/h12,27H,2-11H2,1H3,(H,24,26). The fraction of sp³-hybridized carbons (Fsp3) is 0.941. The Kier molecular flexibility index (Phi) is 8.13. The molecule has 0 unspecified atom stereocenters. The Morgan fingerprint density at radius 2 is 1.69 bits per heavy atom. The molecule has 0 atom stereocenters. The molecule has 2 N–H and O–H groups in total. The van der Waals surface area contributed by atoms with Gasteiger partial charge in [0.25, 0.3) is 5.91 Å². The molecule has 188 valence electrons. The van der Waals surface area contributed by atoms with Crippen molar-refractivity contribution in [3.8, 4) is 0 Å². The maximum atomic E-state index is 13.5. The first-order valence-corrected chi connectivity index (χ1v) is 11.3. The molecule has 0 aliphatic carbocycles. The largest absolute Gasteiger partial charge is 0.381 e. The van der Waals surface area contributed by atoms with Gasteiger partial charge < -0.3 is 9.47 Å². The summed E-state index contributed by atoms with van der Waals surface area (Å²) in [5, 5.41) is 9.02. The number of sulfonamides is 1. The summed E-state index contributed by atoms with van der Waals surface area (Å²) in [4.78, 5) is 12.2. The van der Waals surface area contributed by atoms with Crippen molar-refractivity contribution in [3.05, 3.63) is 0 Å². The molecular formula is C17H26F6N2O6S. The Morgan fingerprint density at radius 3 is 2.16 bits per heavy atom. The van der Waals surface area contributed by atoms with Crippen LogP contribution in [0.3, 0.4) is 0 Å². The first kappa shape index (κ1) is 27.1. The number of hydroxylamine groups is 1. The Labute approximate surface area is 181 Å². The Bertz CT molecular complexity index is 762. The molecule has 2 fully saturated rings. The van der Waals surface area contributed by atoms with Crippen molar-refractivity contribution >= 4 is 15.9 Å². The summed E-state index contributed by atoms with van der Waals surface area (Å²) >= 11 is 0. The summed E-state index contributed by atoms with van der Waals surface area (Å²) in [6.45, 7) is -2.89. The lowest BCUT2D eigenvalue weighted by Crippen LogP contribution is -2.60. The van der Waals surface area contributed by atoms with Gasteiger partial charge in [-0.25, -0.2) is 18.2 Å². The van der Waals surface area contributed by atoms with Crippen LogP contribution in [0.2, 0.25) is 0 Å². The zero-order valence-corrected chi connectivity index (χ0v) is 18.1. The first-order valence-electron chi connectivity index (χ1n) is 9.85. The van der Waals surface area contributed by atoms with Crippen molar-refractivity contribution in [3.63, 3.8) is 0 Å². The lowest BCUT2D eigenvalue weighted by Gasteiger charge is -2.40. The van der Waals surface area contributed by atoms with Crippen molar-refractivity contribution in [2.75, 3.05) is 39.5 Å². The highest BCUT2D eigenvalue weighted by Crippen LogP contribution is 2.45. The van der Waals surface area contributed by atoms with Crippen molar-refractivity contribution in [1.82, 2.24) is 9.79 Å². The lowest BCUT2D eigenvalue weighted by molar-refractivity contribution is -0.314. The molecule has 15 heteroatoms. The zero-order chi connectivity index (χ0) is 24.4. The van der Waals surface area contributed by atoms with Crippen molar-refractivity contribution < 1.29 is 54.2 Å². The smallest absolute Gasteiger partial charge is 0.373 e. The lowest BCUT2D eigenvalue weighted by atomic mass is 9.98. The molecule has 0 saturated carbocycles. The van der Waals surface area contributed by atoms with E-state index in [4.69, 9.17) is 9.94 Å². The molecule has 32 heavy (non-hydrogen) atoms.